The van der Waals surface area contributed by atoms with Gasteiger partial charge in [-0.05, 0) is 31.2 Å². The number of ketones is 2. The topological polar surface area (TPSA) is 72.0 Å². The zero-order chi connectivity index (χ0) is 19.4. The van der Waals surface area contributed by atoms with Gasteiger partial charge in [-0.25, -0.2) is 4.39 Å². The molecule has 1 N–H and O–H groups in total. The van der Waals surface area contributed by atoms with E-state index in [0.29, 0.717) is 17.9 Å². The number of halogens is 2. The van der Waals surface area contributed by atoms with Gasteiger partial charge in [-0.1, -0.05) is 17.7 Å². The largest absolute Gasteiger partial charge is 0.493 e. The second-order valence-electron chi connectivity index (χ2n) is 5.74. The summed E-state index contributed by atoms with van der Waals surface area (Å²) in [4.78, 5) is 31.9. The fourth-order valence-corrected chi connectivity index (χ4v) is 2.91. The molecule has 0 saturated carbocycles. The van der Waals surface area contributed by atoms with Gasteiger partial charge < -0.3 is 9.72 Å². The van der Waals surface area contributed by atoms with Crippen LogP contribution in [0.5, 0.6) is 5.75 Å². The smallest absolute Gasteiger partial charge is 0.199 e. The van der Waals surface area contributed by atoms with Gasteiger partial charge in [-0.2, -0.15) is 0 Å². The summed E-state index contributed by atoms with van der Waals surface area (Å²) in [5.74, 6) is -0.965. The highest BCUT2D eigenvalue weighted by Gasteiger charge is 2.20. The average Bonchev–Trinajstić information content (AvgIpc) is 3.13. The molecular formula is C20H16ClFN2O3. The molecular weight excluding hydrogens is 371 g/mol. The van der Waals surface area contributed by atoms with Crippen LogP contribution in [0.3, 0.4) is 0 Å². The minimum Gasteiger partial charge on any atom is -0.493 e. The second-order valence-corrected chi connectivity index (χ2v) is 6.15. The number of carbonyl (C=O) groups is 2. The first-order valence-electron chi connectivity index (χ1n) is 8.27. The molecule has 138 valence electrons. The van der Waals surface area contributed by atoms with Crippen LogP contribution in [0.4, 0.5) is 4.39 Å². The van der Waals surface area contributed by atoms with Gasteiger partial charge in [0, 0.05) is 36.1 Å². The molecule has 0 fully saturated rings. The third kappa shape index (κ3) is 4.06. The molecule has 2 heterocycles. The van der Waals surface area contributed by atoms with Crippen molar-refractivity contribution in [2.24, 2.45) is 0 Å². The number of hydrogen-bond donors (Lipinski definition) is 1. The summed E-state index contributed by atoms with van der Waals surface area (Å²) >= 11 is 5.94. The molecule has 0 unspecified atom stereocenters. The predicted octanol–water partition coefficient (Wildman–Crippen LogP) is 4.26. The Labute approximate surface area is 160 Å². The van der Waals surface area contributed by atoms with Crippen molar-refractivity contribution in [3.05, 3.63) is 82.1 Å². The van der Waals surface area contributed by atoms with Gasteiger partial charge in [0.1, 0.15) is 11.6 Å². The van der Waals surface area contributed by atoms with Crippen molar-refractivity contribution >= 4 is 23.2 Å². The quantitative estimate of drug-likeness (QED) is 0.616. The van der Waals surface area contributed by atoms with Crippen LogP contribution in [0.15, 0.2) is 48.9 Å². The summed E-state index contributed by atoms with van der Waals surface area (Å²) in [7, 11) is 0. The number of ether oxygens (including phenoxy) is 1. The Balaban J connectivity index is 1.82. The summed E-state index contributed by atoms with van der Waals surface area (Å²) in [6.45, 7) is 2.32. The molecule has 0 spiro atoms. The molecule has 27 heavy (non-hydrogen) atoms. The van der Waals surface area contributed by atoms with Gasteiger partial charge in [0.15, 0.2) is 11.6 Å². The van der Waals surface area contributed by atoms with Gasteiger partial charge in [-0.3, -0.25) is 14.6 Å². The van der Waals surface area contributed by atoms with E-state index >= 15 is 0 Å². The molecule has 0 bridgehead atoms. The number of carbonyl (C=O) groups excluding carboxylic acids is 2. The molecule has 2 aromatic heterocycles. The first-order chi connectivity index (χ1) is 13.0. The van der Waals surface area contributed by atoms with Crippen LogP contribution in [-0.2, 0) is 6.42 Å². The normalized spacial score (nSPS) is 10.6. The lowest BCUT2D eigenvalue weighted by molar-refractivity contribution is 0.0987. The standard InChI is InChI=1S/C20H16ClFN2O3/c1-2-27-18-6-7-23-10-12(18)9-17(25)16-8-13(11-24-16)20(26)19-14(21)4-3-5-15(19)22/h3-8,10-11,24H,2,9H2,1H3. The van der Waals surface area contributed by atoms with Gasteiger partial charge in [0.2, 0.25) is 0 Å². The van der Waals surface area contributed by atoms with Gasteiger partial charge in [0.25, 0.3) is 0 Å². The number of aromatic amines is 1. The number of Topliss-reactive ketones (excluding diaryl/α,β-unsaturated/α-hetero) is 1. The van der Waals surface area contributed by atoms with E-state index in [1.54, 1.807) is 18.5 Å². The van der Waals surface area contributed by atoms with E-state index < -0.39 is 11.6 Å². The Morgan fingerprint density at radius 3 is 2.85 bits per heavy atom. The van der Waals surface area contributed by atoms with Crippen molar-refractivity contribution in [3.8, 4) is 5.75 Å². The highest BCUT2D eigenvalue weighted by Crippen LogP contribution is 2.23. The first kappa shape index (κ1) is 18.8. The monoisotopic (exact) mass is 386 g/mol. The van der Waals surface area contributed by atoms with Crippen molar-refractivity contribution in [1.82, 2.24) is 9.97 Å². The third-order valence-electron chi connectivity index (χ3n) is 3.95. The molecule has 0 aliphatic rings. The summed E-state index contributed by atoms with van der Waals surface area (Å²) < 4.78 is 19.4. The minimum atomic E-state index is -0.710. The van der Waals surface area contributed by atoms with E-state index in [2.05, 4.69) is 9.97 Å². The third-order valence-corrected chi connectivity index (χ3v) is 4.26. The van der Waals surface area contributed by atoms with Crippen LogP contribution in [0.1, 0.15) is 38.9 Å². The zero-order valence-electron chi connectivity index (χ0n) is 14.5. The van der Waals surface area contributed by atoms with Crippen LogP contribution in [0.2, 0.25) is 5.02 Å². The van der Waals surface area contributed by atoms with Crippen molar-refractivity contribution < 1.29 is 18.7 Å². The fraction of sp³-hybridized carbons (Fsp3) is 0.150. The summed E-state index contributed by atoms with van der Waals surface area (Å²) in [5, 5.41) is 0.0193. The lowest BCUT2D eigenvalue weighted by Crippen LogP contribution is -2.07. The number of hydrogen-bond acceptors (Lipinski definition) is 4. The van der Waals surface area contributed by atoms with E-state index in [0.717, 1.165) is 6.07 Å². The molecule has 3 aromatic rings. The number of benzene rings is 1. The molecule has 0 radical (unpaired) electrons. The lowest BCUT2D eigenvalue weighted by Gasteiger charge is -2.08. The zero-order valence-corrected chi connectivity index (χ0v) is 15.2. The molecule has 0 saturated heterocycles. The Bertz CT molecular complexity index is 980. The van der Waals surface area contributed by atoms with Gasteiger partial charge in [0.05, 0.1) is 22.9 Å². The predicted molar refractivity (Wildman–Crippen MR) is 99.1 cm³/mol. The lowest BCUT2D eigenvalue weighted by atomic mass is 10.0. The number of aromatic nitrogens is 2. The van der Waals surface area contributed by atoms with E-state index in [1.165, 1.54) is 24.4 Å². The number of H-pyrrole nitrogens is 1. The molecule has 7 heteroatoms. The van der Waals surface area contributed by atoms with Crippen molar-refractivity contribution in [1.29, 1.82) is 0 Å². The van der Waals surface area contributed by atoms with E-state index in [9.17, 15) is 14.0 Å². The van der Waals surface area contributed by atoms with Crippen LogP contribution in [-0.4, -0.2) is 28.1 Å². The molecule has 0 aliphatic carbocycles. The Morgan fingerprint density at radius 1 is 1.30 bits per heavy atom. The maximum Gasteiger partial charge on any atom is 0.199 e. The Kier molecular flexibility index (Phi) is 5.66. The number of nitrogens with zero attached hydrogens (tertiary/aromatic N) is 1. The SMILES string of the molecule is CCOc1ccncc1CC(=O)c1cc(C(=O)c2c(F)cccc2Cl)c[nH]1. The highest BCUT2D eigenvalue weighted by atomic mass is 35.5. The molecule has 0 atom stereocenters. The fourth-order valence-electron chi connectivity index (χ4n) is 2.66. The molecule has 1 aromatic carbocycles. The molecule has 3 rings (SSSR count). The first-order valence-corrected chi connectivity index (χ1v) is 8.65. The van der Waals surface area contributed by atoms with Crippen LogP contribution in [0, 0.1) is 5.82 Å². The molecule has 5 nitrogen and oxygen atoms in total. The second kappa shape index (κ2) is 8.14. The Morgan fingerprint density at radius 2 is 2.11 bits per heavy atom. The number of rotatable bonds is 7. The maximum atomic E-state index is 14.0. The summed E-state index contributed by atoms with van der Waals surface area (Å²) in [6, 6.07) is 7.11. The van der Waals surface area contributed by atoms with Crippen molar-refractivity contribution in [2.45, 2.75) is 13.3 Å². The van der Waals surface area contributed by atoms with Crippen LogP contribution < -0.4 is 4.74 Å². The average molecular weight is 387 g/mol. The minimum absolute atomic E-state index is 0.0193. The van der Waals surface area contributed by atoms with Crippen molar-refractivity contribution in [2.75, 3.05) is 6.61 Å². The summed E-state index contributed by atoms with van der Waals surface area (Å²) in [6.07, 6.45) is 4.57. The van der Waals surface area contributed by atoms with Crippen LogP contribution in [0.25, 0.3) is 0 Å². The van der Waals surface area contributed by atoms with Gasteiger partial charge >= 0.3 is 0 Å². The van der Waals surface area contributed by atoms with Crippen molar-refractivity contribution in [3.63, 3.8) is 0 Å². The van der Waals surface area contributed by atoms with E-state index in [-0.39, 0.29) is 34.0 Å². The molecule has 0 aliphatic heterocycles. The van der Waals surface area contributed by atoms with E-state index in [1.807, 2.05) is 6.92 Å². The van der Waals surface area contributed by atoms with Crippen LogP contribution >= 0.6 is 11.6 Å². The van der Waals surface area contributed by atoms with Gasteiger partial charge in [-0.15, -0.1) is 0 Å². The van der Waals surface area contributed by atoms with E-state index in [4.69, 9.17) is 16.3 Å². The maximum absolute atomic E-state index is 14.0. The Hall–Kier alpha value is -2.99. The number of nitrogens with one attached hydrogen (secondary N) is 1. The summed E-state index contributed by atoms with van der Waals surface area (Å²) in [5.41, 5.74) is 0.811. The molecule has 0 amide bonds. The highest BCUT2D eigenvalue weighted by molar-refractivity contribution is 6.35. The number of pyridine rings is 1.